The molecule has 1 saturated heterocycles. The van der Waals surface area contributed by atoms with Crippen LogP contribution in [0, 0.1) is 5.92 Å². The van der Waals surface area contributed by atoms with Crippen molar-refractivity contribution in [2.45, 2.75) is 82.9 Å². The van der Waals surface area contributed by atoms with Gasteiger partial charge in [-0.3, -0.25) is 9.59 Å². The van der Waals surface area contributed by atoms with E-state index in [9.17, 15) is 22.8 Å². The van der Waals surface area contributed by atoms with Crippen LogP contribution in [-0.4, -0.2) is 68.0 Å². The molecule has 0 bridgehead atoms. The van der Waals surface area contributed by atoms with Crippen molar-refractivity contribution in [1.29, 1.82) is 0 Å². The summed E-state index contributed by atoms with van der Waals surface area (Å²) in [5, 5.41) is 4.26. The van der Waals surface area contributed by atoms with Crippen molar-refractivity contribution in [2.24, 2.45) is 5.92 Å². The van der Waals surface area contributed by atoms with Crippen molar-refractivity contribution in [3.8, 4) is 5.75 Å². The predicted molar refractivity (Wildman–Crippen MR) is 177 cm³/mol. The smallest absolute Gasteiger partial charge is 0.329 e. The second-order valence-electron chi connectivity index (χ2n) is 13.6. The molecule has 2 amide bonds. The average molecular weight is 652 g/mol. The van der Waals surface area contributed by atoms with E-state index in [1.807, 2.05) is 63.2 Å². The fraction of sp³-hybridized carbons (Fsp3) is 0.457. The van der Waals surface area contributed by atoms with Gasteiger partial charge in [0, 0.05) is 30.8 Å². The number of piperidine rings is 1. The summed E-state index contributed by atoms with van der Waals surface area (Å²) in [5.74, 6) is -0.886. The lowest BCUT2D eigenvalue weighted by Gasteiger charge is -2.32. The van der Waals surface area contributed by atoms with Gasteiger partial charge in [-0.25, -0.2) is 17.9 Å². The fourth-order valence-corrected chi connectivity index (χ4v) is 6.51. The van der Waals surface area contributed by atoms with Gasteiger partial charge in [-0.1, -0.05) is 48.5 Å². The molecule has 0 saturated carbocycles. The lowest BCUT2D eigenvalue weighted by molar-refractivity contribution is -0.159. The molecule has 4 rings (SSSR count). The third kappa shape index (κ3) is 9.77. The van der Waals surface area contributed by atoms with Crippen molar-refractivity contribution in [2.75, 3.05) is 19.6 Å². The lowest BCUT2D eigenvalue weighted by atomic mass is 9.95. The number of nitrogens with zero attached hydrogens (tertiary/aromatic N) is 1. The monoisotopic (exact) mass is 651 g/mol. The van der Waals surface area contributed by atoms with E-state index in [-0.39, 0.29) is 35.3 Å². The molecule has 0 spiro atoms. The highest BCUT2D eigenvalue weighted by atomic mass is 32.2. The van der Waals surface area contributed by atoms with E-state index in [0.717, 1.165) is 10.9 Å². The molecule has 1 atom stereocenters. The van der Waals surface area contributed by atoms with E-state index in [1.54, 1.807) is 43.9 Å². The maximum Gasteiger partial charge on any atom is 0.329 e. The molecule has 0 aliphatic carbocycles. The van der Waals surface area contributed by atoms with Crippen LogP contribution in [0.25, 0.3) is 10.8 Å². The molecule has 46 heavy (non-hydrogen) atoms. The minimum Gasteiger partial charge on any atom is -0.488 e. The Morgan fingerprint density at radius 2 is 1.50 bits per heavy atom. The van der Waals surface area contributed by atoms with Crippen LogP contribution in [-0.2, 0) is 35.6 Å². The second kappa shape index (κ2) is 14.2. The zero-order valence-electron chi connectivity index (χ0n) is 27.5. The van der Waals surface area contributed by atoms with Gasteiger partial charge in [0.2, 0.25) is 21.8 Å². The normalized spacial score (nSPS) is 15.3. The molecule has 11 heteroatoms. The van der Waals surface area contributed by atoms with E-state index < -0.39 is 33.6 Å². The highest BCUT2D eigenvalue weighted by Crippen LogP contribution is 2.24. The van der Waals surface area contributed by atoms with E-state index in [1.165, 1.54) is 6.07 Å². The Kier molecular flexibility index (Phi) is 10.8. The van der Waals surface area contributed by atoms with Gasteiger partial charge in [0.1, 0.15) is 23.0 Å². The molecule has 1 fully saturated rings. The maximum atomic E-state index is 13.3. The van der Waals surface area contributed by atoms with Gasteiger partial charge >= 0.3 is 5.97 Å². The van der Waals surface area contributed by atoms with Crippen LogP contribution in [0.2, 0.25) is 0 Å². The number of nitrogens with one attached hydrogen (secondary N) is 2. The Hall–Kier alpha value is -3.96. The van der Waals surface area contributed by atoms with Gasteiger partial charge < -0.3 is 19.7 Å². The Morgan fingerprint density at radius 1 is 0.870 bits per heavy atom. The summed E-state index contributed by atoms with van der Waals surface area (Å²) in [4.78, 5) is 41.1. The van der Waals surface area contributed by atoms with Gasteiger partial charge in [-0.2, -0.15) is 0 Å². The van der Waals surface area contributed by atoms with Gasteiger partial charge in [-0.15, -0.1) is 0 Å². The Bertz CT molecular complexity index is 1640. The first-order valence-electron chi connectivity index (χ1n) is 15.6. The molecule has 0 radical (unpaired) electrons. The molecule has 1 unspecified atom stereocenters. The van der Waals surface area contributed by atoms with Crippen molar-refractivity contribution in [3.05, 3.63) is 72.3 Å². The lowest BCUT2D eigenvalue weighted by Crippen LogP contribution is -2.50. The third-order valence-electron chi connectivity index (χ3n) is 7.47. The number of carbonyl (C=O) groups excluding carboxylic acids is 3. The molecular formula is C35H45N3O7S. The van der Waals surface area contributed by atoms with Crippen LogP contribution in [0.1, 0.15) is 59.9 Å². The summed E-state index contributed by atoms with van der Waals surface area (Å²) < 4.78 is 40.0. The van der Waals surface area contributed by atoms with Crippen LogP contribution in [0.4, 0.5) is 0 Å². The maximum absolute atomic E-state index is 13.3. The molecule has 3 aromatic rings. The van der Waals surface area contributed by atoms with Crippen molar-refractivity contribution in [3.63, 3.8) is 0 Å². The number of sulfonamides is 1. The van der Waals surface area contributed by atoms with E-state index in [4.69, 9.17) is 9.47 Å². The third-order valence-corrected chi connectivity index (χ3v) is 8.93. The molecule has 1 aliphatic rings. The summed E-state index contributed by atoms with van der Waals surface area (Å²) in [6.07, 6.45) is 1.01. The fourth-order valence-electron chi connectivity index (χ4n) is 5.31. The van der Waals surface area contributed by atoms with E-state index in [2.05, 4.69) is 10.0 Å². The van der Waals surface area contributed by atoms with Gasteiger partial charge in [0.25, 0.3) is 0 Å². The van der Waals surface area contributed by atoms with Crippen LogP contribution in [0.15, 0.2) is 71.6 Å². The highest BCUT2D eigenvalue weighted by Gasteiger charge is 2.32. The molecule has 1 aliphatic heterocycles. The Morgan fingerprint density at radius 3 is 2.13 bits per heavy atom. The zero-order chi connectivity index (χ0) is 33.7. The molecule has 248 valence electrons. The highest BCUT2D eigenvalue weighted by molar-refractivity contribution is 7.89. The Balaban J connectivity index is 1.33. The number of rotatable bonds is 10. The molecule has 10 nitrogen and oxygen atoms in total. The Labute approximate surface area is 271 Å². The number of esters is 1. The number of likely N-dealkylation sites (tertiary alicyclic amines) is 1. The minimum atomic E-state index is -3.93. The van der Waals surface area contributed by atoms with Crippen molar-refractivity contribution >= 4 is 38.6 Å². The van der Waals surface area contributed by atoms with Gasteiger partial charge in [-0.05, 0) is 83.5 Å². The summed E-state index contributed by atoms with van der Waals surface area (Å²) in [6.45, 7) is 11.4. The first kappa shape index (κ1) is 34.9. The molecule has 0 aromatic heterocycles. The summed E-state index contributed by atoms with van der Waals surface area (Å²) in [7, 11) is -3.93. The number of hydrogen-bond donors (Lipinski definition) is 2. The van der Waals surface area contributed by atoms with Crippen LogP contribution in [0.3, 0.4) is 0 Å². The number of amides is 2. The predicted octanol–water partition coefficient (Wildman–Crippen LogP) is 4.60. The average Bonchev–Trinajstić information content (AvgIpc) is 2.98. The molecular weight excluding hydrogens is 606 g/mol. The number of fused-ring (bicyclic) bond motifs is 1. The zero-order valence-corrected chi connectivity index (χ0v) is 28.3. The molecule has 2 N–H and O–H groups in total. The molecule has 3 aromatic carbocycles. The van der Waals surface area contributed by atoms with Crippen molar-refractivity contribution in [1.82, 2.24) is 14.9 Å². The van der Waals surface area contributed by atoms with Crippen LogP contribution >= 0.6 is 0 Å². The summed E-state index contributed by atoms with van der Waals surface area (Å²) >= 11 is 0. The SMILES string of the molecule is CC(C)(C)OC(=O)C(Cc1ccc(OC(C)(C)C)cc1)NC(=O)C1CCN(C(=O)CNS(=O)(=O)c2cccc3ccccc23)CC1. The van der Waals surface area contributed by atoms with Crippen LogP contribution < -0.4 is 14.8 Å². The number of ether oxygens (including phenoxy) is 2. The van der Waals surface area contributed by atoms with E-state index in [0.29, 0.717) is 37.1 Å². The number of hydrogen-bond acceptors (Lipinski definition) is 7. The minimum absolute atomic E-state index is 0.113. The second-order valence-corrected chi connectivity index (χ2v) is 15.3. The van der Waals surface area contributed by atoms with Gasteiger partial charge in [0.05, 0.1) is 11.4 Å². The van der Waals surface area contributed by atoms with E-state index >= 15 is 0 Å². The number of carbonyl (C=O) groups is 3. The van der Waals surface area contributed by atoms with Crippen molar-refractivity contribution < 1.29 is 32.3 Å². The van der Waals surface area contributed by atoms with Crippen LogP contribution in [0.5, 0.6) is 5.75 Å². The topological polar surface area (TPSA) is 131 Å². The standard InChI is InChI=1S/C35H45N3O7S/c1-34(2,3)44-27-16-14-24(15-17-27)22-29(33(41)45-35(4,5)6)37-32(40)26-18-20-38(21-19-26)31(39)23-36-46(42,43)30-13-9-11-25-10-7-8-12-28(25)30/h7-17,26,29,36H,18-23H2,1-6H3,(H,37,40). The quantitative estimate of drug-likeness (QED) is 0.307. The van der Waals surface area contributed by atoms with Gasteiger partial charge in [0.15, 0.2) is 0 Å². The summed E-state index contributed by atoms with van der Waals surface area (Å²) in [6, 6.07) is 18.7. The largest absolute Gasteiger partial charge is 0.488 e. The molecule has 1 heterocycles. The number of benzene rings is 3. The summed E-state index contributed by atoms with van der Waals surface area (Å²) in [5.41, 5.74) is -0.241. The first-order valence-corrected chi connectivity index (χ1v) is 17.1. The first-order chi connectivity index (χ1) is 21.5.